The van der Waals surface area contributed by atoms with E-state index in [0.717, 1.165) is 5.70 Å². The predicted octanol–water partition coefficient (Wildman–Crippen LogP) is 4.78. The number of nitrogens with one attached hydrogen (secondary N) is 1. The van der Waals surface area contributed by atoms with Gasteiger partial charge < -0.3 is 30.3 Å². The van der Waals surface area contributed by atoms with Crippen LogP contribution in [0.3, 0.4) is 0 Å². The SMILES string of the molecule is CC(=C=C1SC=C(c2ccc(O)c(O)c2)N1CCCNC(=O)CCO)c1ccc(OC(F)(F)F)cc1. The number of halogens is 3. The number of aromatic hydroxyl groups is 2. The van der Waals surface area contributed by atoms with Gasteiger partial charge in [0.25, 0.3) is 0 Å². The van der Waals surface area contributed by atoms with Gasteiger partial charge in [-0.1, -0.05) is 29.6 Å². The van der Waals surface area contributed by atoms with Gasteiger partial charge >= 0.3 is 6.36 Å². The summed E-state index contributed by atoms with van der Waals surface area (Å²) in [6.45, 7) is 2.41. The number of hydrogen-bond donors (Lipinski definition) is 4. The van der Waals surface area contributed by atoms with Gasteiger partial charge in [-0.3, -0.25) is 4.79 Å². The third kappa shape index (κ3) is 7.48. The lowest BCUT2D eigenvalue weighted by atomic mass is 10.1. The first-order chi connectivity index (χ1) is 17.1. The average Bonchev–Trinajstić information content (AvgIpc) is 3.20. The number of phenolic OH excluding ortho intramolecular Hbond substituents is 2. The second kappa shape index (κ2) is 11.9. The molecule has 0 saturated carbocycles. The monoisotopic (exact) mass is 522 g/mol. The third-order valence-corrected chi connectivity index (χ3v) is 6.01. The molecule has 36 heavy (non-hydrogen) atoms. The van der Waals surface area contributed by atoms with Gasteiger partial charge in [0.1, 0.15) is 10.8 Å². The Morgan fingerprint density at radius 3 is 2.50 bits per heavy atom. The van der Waals surface area contributed by atoms with E-state index in [-0.39, 0.29) is 36.2 Å². The minimum absolute atomic E-state index is 0.0252. The standard InChI is InChI=1S/C25H25F3N2O5S/c1-16(17-3-6-19(7-4-17)35-25(26,27)28)13-24-30(11-2-10-29-23(34)9-12-31)20(15-36-24)18-5-8-21(32)22(33)14-18/h3-8,14-15,31-33H,2,9-12H2,1H3,(H,29,34). The Kier molecular flexibility index (Phi) is 8.98. The van der Waals surface area contributed by atoms with Crippen LogP contribution in [0.15, 0.2) is 58.6 Å². The van der Waals surface area contributed by atoms with Crippen molar-refractivity contribution >= 4 is 28.9 Å². The van der Waals surface area contributed by atoms with Crippen molar-refractivity contribution in [3.63, 3.8) is 0 Å². The zero-order valence-electron chi connectivity index (χ0n) is 19.3. The van der Waals surface area contributed by atoms with Crippen LogP contribution >= 0.6 is 11.8 Å². The third-order valence-electron chi connectivity index (χ3n) is 5.12. The molecule has 0 bridgehead atoms. The molecule has 1 amide bonds. The Hall–Kier alpha value is -3.53. The number of phenols is 2. The number of rotatable bonds is 9. The number of amides is 1. The normalized spacial score (nSPS) is 13.3. The Morgan fingerprint density at radius 1 is 1.14 bits per heavy atom. The van der Waals surface area contributed by atoms with Crippen LogP contribution in [0.4, 0.5) is 13.2 Å². The summed E-state index contributed by atoms with van der Waals surface area (Å²) in [4.78, 5) is 13.6. The number of benzene rings is 2. The summed E-state index contributed by atoms with van der Waals surface area (Å²) in [7, 11) is 0. The van der Waals surface area contributed by atoms with Crippen molar-refractivity contribution in [2.45, 2.75) is 26.1 Å². The van der Waals surface area contributed by atoms with E-state index in [9.17, 15) is 28.2 Å². The summed E-state index contributed by atoms with van der Waals surface area (Å²) in [5, 5.41) is 33.8. The smallest absolute Gasteiger partial charge is 0.504 e. The summed E-state index contributed by atoms with van der Waals surface area (Å²) in [6, 6.07) is 9.98. The number of aliphatic hydroxyl groups excluding tert-OH is 1. The fraction of sp³-hybridized carbons (Fsp3) is 0.280. The van der Waals surface area contributed by atoms with Gasteiger partial charge in [-0.05, 0) is 49.2 Å². The molecule has 0 fully saturated rings. The maximum atomic E-state index is 12.4. The molecular weight excluding hydrogens is 497 g/mol. The molecule has 0 aliphatic carbocycles. The van der Waals surface area contributed by atoms with Crippen molar-refractivity contribution < 1.29 is 38.0 Å². The Balaban J connectivity index is 1.84. The largest absolute Gasteiger partial charge is 0.573 e. The van der Waals surface area contributed by atoms with Crippen LogP contribution in [-0.4, -0.2) is 52.2 Å². The van der Waals surface area contributed by atoms with E-state index in [0.29, 0.717) is 41.2 Å². The van der Waals surface area contributed by atoms with Gasteiger partial charge in [-0.2, -0.15) is 0 Å². The lowest BCUT2D eigenvalue weighted by Crippen LogP contribution is -2.28. The molecule has 1 heterocycles. The second-order valence-electron chi connectivity index (χ2n) is 7.78. The molecule has 0 unspecified atom stereocenters. The van der Waals surface area contributed by atoms with Crippen molar-refractivity contribution in [2.24, 2.45) is 0 Å². The molecule has 0 aromatic heterocycles. The first kappa shape index (κ1) is 27.1. The highest BCUT2D eigenvalue weighted by atomic mass is 32.2. The van der Waals surface area contributed by atoms with E-state index < -0.39 is 6.36 Å². The molecule has 2 aromatic carbocycles. The summed E-state index contributed by atoms with van der Waals surface area (Å²) < 4.78 is 41.2. The van der Waals surface area contributed by atoms with Crippen LogP contribution in [0.5, 0.6) is 17.2 Å². The second-order valence-corrected chi connectivity index (χ2v) is 8.64. The molecule has 0 spiro atoms. The molecule has 0 radical (unpaired) electrons. The van der Waals surface area contributed by atoms with E-state index in [2.05, 4.69) is 15.8 Å². The summed E-state index contributed by atoms with van der Waals surface area (Å²) in [6.07, 6.45) is -4.18. The number of aliphatic hydroxyl groups is 1. The Bertz CT molecular complexity index is 1190. The Morgan fingerprint density at radius 2 is 1.86 bits per heavy atom. The van der Waals surface area contributed by atoms with E-state index >= 15 is 0 Å². The molecule has 1 aliphatic heterocycles. The topological polar surface area (TPSA) is 102 Å². The number of hydrogen-bond acceptors (Lipinski definition) is 7. The van der Waals surface area contributed by atoms with Gasteiger partial charge in [0, 0.05) is 36.1 Å². The molecule has 4 N–H and O–H groups in total. The van der Waals surface area contributed by atoms with Crippen molar-refractivity contribution in [1.82, 2.24) is 10.2 Å². The van der Waals surface area contributed by atoms with Crippen LogP contribution in [0.1, 0.15) is 30.9 Å². The lowest BCUT2D eigenvalue weighted by Gasteiger charge is -2.23. The van der Waals surface area contributed by atoms with E-state index in [1.165, 1.54) is 48.2 Å². The first-order valence-corrected chi connectivity index (χ1v) is 11.8. The number of carbonyl (C=O) groups excluding carboxylic acids is 1. The minimum Gasteiger partial charge on any atom is -0.504 e. The molecule has 7 nitrogen and oxygen atoms in total. The summed E-state index contributed by atoms with van der Waals surface area (Å²) in [5.41, 5.74) is 6.03. The molecule has 1 aliphatic rings. The van der Waals surface area contributed by atoms with Crippen molar-refractivity contribution in [3.8, 4) is 17.2 Å². The summed E-state index contributed by atoms with van der Waals surface area (Å²) >= 11 is 1.38. The van der Waals surface area contributed by atoms with Gasteiger partial charge in [-0.25, -0.2) is 0 Å². The average molecular weight is 523 g/mol. The van der Waals surface area contributed by atoms with E-state index in [1.54, 1.807) is 13.0 Å². The quantitative estimate of drug-likeness (QED) is 0.214. The zero-order chi connectivity index (χ0) is 26.3. The van der Waals surface area contributed by atoms with Crippen LogP contribution in [0.2, 0.25) is 0 Å². The van der Waals surface area contributed by atoms with Gasteiger partial charge in [0.2, 0.25) is 5.91 Å². The fourth-order valence-electron chi connectivity index (χ4n) is 3.37. The van der Waals surface area contributed by atoms with E-state index in [4.69, 9.17) is 5.11 Å². The zero-order valence-corrected chi connectivity index (χ0v) is 20.1. The highest BCUT2D eigenvalue weighted by Gasteiger charge is 2.31. The first-order valence-electron chi connectivity index (χ1n) is 11.0. The number of carbonyl (C=O) groups is 1. The summed E-state index contributed by atoms with van der Waals surface area (Å²) in [5.74, 6) is -1.08. The molecule has 11 heteroatoms. The number of nitrogens with zero attached hydrogens (tertiary/aromatic N) is 1. The number of allylic oxidation sites excluding steroid dienone is 1. The Labute approximate surface area is 210 Å². The highest BCUT2D eigenvalue weighted by Crippen LogP contribution is 2.41. The van der Waals surface area contributed by atoms with E-state index in [1.807, 2.05) is 10.3 Å². The maximum absolute atomic E-state index is 12.4. The molecule has 0 atom stereocenters. The van der Waals surface area contributed by atoms with Crippen LogP contribution in [-0.2, 0) is 4.79 Å². The van der Waals surface area contributed by atoms with Crippen LogP contribution in [0, 0.1) is 0 Å². The highest BCUT2D eigenvalue weighted by molar-refractivity contribution is 8.06. The van der Waals surface area contributed by atoms with Gasteiger partial charge in [-0.15, -0.1) is 13.2 Å². The van der Waals surface area contributed by atoms with Crippen molar-refractivity contribution in [3.05, 3.63) is 69.8 Å². The number of alkyl halides is 3. The lowest BCUT2D eigenvalue weighted by molar-refractivity contribution is -0.274. The van der Waals surface area contributed by atoms with Crippen LogP contribution < -0.4 is 10.1 Å². The number of ether oxygens (including phenoxy) is 1. The van der Waals surface area contributed by atoms with Crippen molar-refractivity contribution in [1.29, 1.82) is 0 Å². The van der Waals surface area contributed by atoms with Gasteiger partial charge in [0.05, 0.1) is 12.3 Å². The fourth-order valence-corrected chi connectivity index (χ4v) is 4.38. The van der Waals surface area contributed by atoms with Crippen molar-refractivity contribution in [2.75, 3.05) is 19.7 Å². The minimum atomic E-state index is -4.77. The van der Waals surface area contributed by atoms with Gasteiger partial charge in [0.15, 0.2) is 11.5 Å². The predicted molar refractivity (Wildman–Crippen MR) is 131 cm³/mol. The van der Waals surface area contributed by atoms with Crippen LogP contribution in [0.25, 0.3) is 11.3 Å². The molecular formula is C25H25F3N2O5S. The molecule has 2 aromatic rings. The molecule has 3 rings (SSSR count). The molecule has 0 saturated heterocycles. The maximum Gasteiger partial charge on any atom is 0.573 e. The molecule has 192 valence electrons. The number of thioether (sulfide) groups is 1.